The van der Waals surface area contributed by atoms with Crippen LogP contribution in [0.2, 0.25) is 0 Å². The van der Waals surface area contributed by atoms with E-state index in [0.29, 0.717) is 0 Å². The van der Waals surface area contributed by atoms with Crippen molar-refractivity contribution in [3.8, 4) is 0 Å². The van der Waals surface area contributed by atoms with Gasteiger partial charge in [-0.05, 0) is 0 Å². The third kappa shape index (κ3) is 2.51. The number of H-pyrrole nitrogens is 1. The third-order valence-electron chi connectivity index (χ3n) is 4.53. The fourth-order valence-electron chi connectivity index (χ4n) is 3.50. The third-order valence-corrected chi connectivity index (χ3v) is 22.7. The van der Waals surface area contributed by atoms with Crippen LogP contribution in [0.4, 0.5) is 0 Å². The molecule has 24 heavy (non-hydrogen) atoms. The first-order valence-corrected chi connectivity index (χ1v) is 15.9. The van der Waals surface area contributed by atoms with Crippen LogP contribution in [-0.2, 0) is 0 Å². The van der Waals surface area contributed by atoms with E-state index < -0.39 is 21.2 Å². The van der Waals surface area contributed by atoms with Crippen molar-refractivity contribution in [2.75, 3.05) is 0 Å². The van der Waals surface area contributed by atoms with Gasteiger partial charge in [-0.3, -0.25) is 0 Å². The monoisotopic (exact) mass is 506 g/mol. The van der Waals surface area contributed by atoms with Gasteiger partial charge in [0.2, 0.25) is 0 Å². The molecule has 0 saturated heterocycles. The molecule has 0 amide bonds. The van der Waals surface area contributed by atoms with Gasteiger partial charge in [0.15, 0.2) is 0 Å². The van der Waals surface area contributed by atoms with E-state index in [4.69, 9.17) is 0 Å². The van der Waals surface area contributed by atoms with Gasteiger partial charge in [-0.25, -0.2) is 0 Å². The Labute approximate surface area is 146 Å². The van der Waals surface area contributed by atoms with Crippen molar-refractivity contribution >= 4 is 33.8 Å². The summed E-state index contributed by atoms with van der Waals surface area (Å²) >= 11 is -3.54. The molecule has 0 aliphatic heterocycles. The summed E-state index contributed by atoms with van der Waals surface area (Å²) in [6.07, 6.45) is 1.87. The molecule has 116 valence electrons. The molecule has 0 fully saturated rings. The van der Waals surface area contributed by atoms with Crippen LogP contribution in [0.15, 0.2) is 103 Å². The van der Waals surface area contributed by atoms with E-state index in [1.165, 1.54) is 12.6 Å². The second-order valence-corrected chi connectivity index (χ2v) is 20.5. The van der Waals surface area contributed by atoms with Crippen LogP contribution >= 0.6 is 0 Å². The summed E-state index contributed by atoms with van der Waals surface area (Å²) in [6, 6.07) is 35.0. The first-order valence-electron chi connectivity index (χ1n) is 8.09. The zero-order valence-electron chi connectivity index (χ0n) is 13.3. The Balaban J connectivity index is 2.12. The van der Waals surface area contributed by atoms with Crippen LogP contribution in [0.1, 0.15) is 0 Å². The fourth-order valence-corrected chi connectivity index (χ4v) is 21.3. The van der Waals surface area contributed by atoms with Gasteiger partial charge in [0, 0.05) is 0 Å². The molecule has 1 N–H and O–H groups in total. The molecule has 3 heteroatoms. The second-order valence-electron chi connectivity index (χ2n) is 5.82. The van der Waals surface area contributed by atoms with Crippen molar-refractivity contribution in [3.05, 3.63) is 103 Å². The molecule has 0 unspecified atom stereocenters. The average molecular weight is 506 g/mol. The summed E-state index contributed by atoms with van der Waals surface area (Å²) in [5.41, 5.74) is 0. The molecule has 0 saturated carbocycles. The molecular formula is C21H18N2Pb. The molecule has 0 aliphatic carbocycles. The summed E-state index contributed by atoms with van der Waals surface area (Å²) in [5, 5.41) is 7.62. The van der Waals surface area contributed by atoms with Gasteiger partial charge in [0.25, 0.3) is 0 Å². The van der Waals surface area contributed by atoms with Crippen LogP contribution in [0.5, 0.6) is 0 Å². The molecule has 0 spiro atoms. The Kier molecular flexibility index (Phi) is 4.30. The maximum absolute atomic E-state index is 4.30. The van der Waals surface area contributed by atoms with E-state index in [1.54, 1.807) is 0 Å². The molecule has 0 radical (unpaired) electrons. The van der Waals surface area contributed by atoms with E-state index in [0.717, 1.165) is 0 Å². The van der Waals surface area contributed by atoms with Gasteiger partial charge in [-0.2, -0.15) is 0 Å². The number of nitrogens with zero attached hydrogens (tertiary/aromatic N) is 1. The molecule has 0 bridgehead atoms. The molecule has 1 aromatic heterocycles. The van der Waals surface area contributed by atoms with E-state index in [-0.39, 0.29) is 0 Å². The number of hydrogen-bond acceptors (Lipinski definition) is 1. The summed E-state index contributed by atoms with van der Waals surface area (Å²) < 4.78 is 5.59. The van der Waals surface area contributed by atoms with Gasteiger partial charge in [0.1, 0.15) is 0 Å². The first-order chi connectivity index (χ1) is 11.9. The van der Waals surface area contributed by atoms with Crippen molar-refractivity contribution in [1.82, 2.24) is 10.2 Å². The van der Waals surface area contributed by atoms with Gasteiger partial charge in [-0.15, -0.1) is 0 Å². The summed E-state index contributed by atoms with van der Waals surface area (Å²) in [6.45, 7) is 0. The predicted molar refractivity (Wildman–Crippen MR) is 102 cm³/mol. The fraction of sp³-hybridized carbons (Fsp3) is 0. The molecule has 0 aliphatic rings. The second kappa shape index (κ2) is 6.73. The molecule has 4 aromatic rings. The van der Waals surface area contributed by atoms with E-state index in [1.807, 2.05) is 6.20 Å². The van der Waals surface area contributed by atoms with Crippen LogP contribution in [0.3, 0.4) is 0 Å². The van der Waals surface area contributed by atoms with Crippen LogP contribution in [-0.4, -0.2) is 31.4 Å². The van der Waals surface area contributed by atoms with Gasteiger partial charge < -0.3 is 0 Å². The molecule has 4 rings (SSSR count). The average Bonchev–Trinajstić information content (AvgIpc) is 3.20. The standard InChI is InChI=1S/3C6H5.C3H3N2.Pb/c3*1-2-4-6-5-3-1;1-2-4-5-3-1;/h3*1-5H;1-2H,(H,4,5);. The Morgan fingerprint density at radius 3 is 1.29 bits per heavy atom. The van der Waals surface area contributed by atoms with E-state index in [2.05, 4.69) is 107 Å². The van der Waals surface area contributed by atoms with Crippen LogP contribution in [0, 0.1) is 0 Å². The summed E-state index contributed by atoms with van der Waals surface area (Å²) in [4.78, 5) is 0. The molecule has 1 heterocycles. The van der Waals surface area contributed by atoms with Crippen LogP contribution in [0.25, 0.3) is 0 Å². The Bertz CT molecular complexity index is 792. The molecule has 2 nitrogen and oxygen atoms in total. The number of hydrogen-bond donors (Lipinski definition) is 1. The Morgan fingerprint density at radius 2 is 0.958 bits per heavy atom. The number of aromatic nitrogens is 2. The van der Waals surface area contributed by atoms with E-state index >= 15 is 0 Å². The molecule has 0 atom stereocenters. The first kappa shape index (κ1) is 15.3. The van der Waals surface area contributed by atoms with Crippen molar-refractivity contribution in [2.45, 2.75) is 0 Å². The van der Waals surface area contributed by atoms with Gasteiger partial charge >= 0.3 is 147 Å². The zero-order chi connectivity index (χ0) is 16.2. The quantitative estimate of drug-likeness (QED) is 0.421. The zero-order valence-corrected chi connectivity index (χ0v) is 17.1. The summed E-state index contributed by atoms with van der Waals surface area (Å²) in [5.74, 6) is 0. The minimum absolute atomic E-state index is 1.28. The number of benzene rings is 3. The molecule has 3 aromatic carbocycles. The SMILES string of the molecule is c1cc[c]([Pb]([c]2ccccc2)([c]2ccccc2)[c]2ccn[nH]2)cc1. The number of aromatic amines is 1. The maximum atomic E-state index is 4.30. The van der Waals surface area contributed by atoms with Crippen LogP contribution < -0.4 is 12.6 Å². The molecular weight excluding hydrogens is 487 g/mol. The van der Waals surface area contributed by atoms with Crippen molar-refractivity contribution < 1.29 is 0 Å². The number of rotatable bonds is 4. The van der Waals surface area contributed by atoms with E-state index in [9.17, 15) is 0 Å². The topological polar surface area (TPSA) is 28.7 Å². The number of nitrogens with one attached hydrogen (secondary N) is 1. The van der Waals surface area contributed by atoms with Crippen molar-refractivity contribution in [1.29, 1.82) is 0 Å². The normalized spacial score (nSPS) is 11.3. The Morgan fingerprint density at radius 1 is 0.542 bits per heavy atom. The minimum atomic E-state index is -3.54. The van der Waals surface area contributed by atoms with Gasteiger partial charge in [-0.1, -0.05) is 0 Å². The Hall–Kier alpha value is -2.21. The van der Waals surface area contributed by atoms with Crippen molar-refractivity contribution in [3.63, 3.8) is 0 Å². The van der Waals surface area contributed by atoms with Gasteiger partial charge in [0.05, 0.1) is 0 Å². The van der Waals surface area contributed by atoms with Crippen molar-refractivity contribution in [2.24, 2.45) is 0 Å². The summed E-state index contributed by atoms with van der Waals surface area (Å²) in [7, 11) is 0. The predicted octanol–water partition coefficient (Wildman–Crippen LogP) is 1.79.